The molecular formula is C21H32O2. The minimum absolute atomic E-state index is 0.235. The third kappa shape index (κ3) is 9.22. The monoisotopic (exact) mass is 316 g/mol. The number of hydrogen-bond donors (Lipinski definition) is 0. The molecule has 0 heterocycles. The molecule has 0 bridgehead atoms. The summed E-state index contributed by atoms with van der Waals surface area (Å²) < 4.78 is 5.27. The van der Waals surface area contributed by atoms with Crippen LogP contribution >= 0.6 is 0 Å². The van der Waals surface area contributed by atoms with Crippen molar-refractivity contribution in [1.29, 1.82) is 0 Å². The number of hydrogen-bond acceptors (Lipinski definition) is 2. The highest BCUT2D eigenvalue weighted by Gasteiger charge is 2.05. The van der Waals surface area contributed by atoms with Crippen molar-refractivity contribution in [2.45, 2.75) is 71.6 Å². The molecule has 2 nitrogen and oxygen atoms in total. The topological polar surface area (TPSA) is 26.3 Å². The third-order valence-electron chi connectivity index (χ3n) is 3.96. The number of carbonyl (C=O) groups is 1. The van der Waals surface area contributed by atoms with Gasteiger partial charge in [0, 0.05) is 0 Å². The Morgan fingerprint density at radius 1 is 0.913 bits per heavy atom. The van der Waals surface area contributed by atoms with E-state index in [1.165, 1.54) is 50.5 Å². The molecule has 0 aromatic heterocycles. The number of aryl methyl sites for hydroxylation is 1. The summed E-state index contributed by atoms with van der Waals surface area (Å²) in [7, 11) is 0. The van der Waals surface area contributed by atoms with Crippen LogP contribution in [0.3, 0.4) is 0 Å². The van der Waals surface area contributed by atoms with E-state index in [2.05, 4.69) is 19.9 Å². The van der Waals surface area contributed by atoms with E-state index in [1.807, 2.05) is 30.3 Å². The Hall–Kier alpha value is -1.57. The summed E-state index contributed by atoms with van der Waals surface area (Å²) >= 11 is 0. The highest BCUT2D eigenvalue weighted by Crippen LogP contribution is 2.10. The van der Waals surface area contributed by atoms with Gasteiger partial charge in [0.1, 0.15) is 6.61 Å². The van der Waals surface area contributed by atoms with Crippen LogP contribution in [0, 0.1) is 0 Å². The van der Waals surface area contributed by atoms with Gasteiger partial charge in [-0.2, -0.15) is 0 Å². The molecule has 1 rings (SSSR count). The molecule has 23 heavy (non-hydrogen) atoms. The van der Waals surface area contributed by atoms with Crippen LogP contribution in [0.15, 0.2) is 36.4 Å². The summed E-state index contributed by atoms with van der Waals surface area (Å²) in [6.07, 6.45) is 15.0. The predicted molar refractivity (Wildman–Crippen MR) is 97.9 cm³/mol. The number of rotatable bonds is 12. The fourth-order valence-electron chi connectivity index (χ4n) is 2.47. The zero-order valence-electron chi connectivity index (χ0n) is 14.9. The molecule has 0 spiro atoms. The molecule has 1 aromatic carbocycles. The molecule has 0 saturated carbocycles. The van der Waals surface area contributed by atoms with Gasteiger partial charge in [-0.15, -0.1) is 0 Å². The number of ether oxygens (including phenoxy) is 1. The van der Waals surface area contributed by atoms with Gasteiger partial charge >= 0.3 is 5.97 Å². The van der Waals surface area contributed by atoms with E-state index in [0.29, 0.717) is 12.2 Å². The summed E-state index contributed by atoms with van der Waals surface area (Å²) in [6.45, 7) is 4.79. The fraction of sp³-hybridized carbons (Fsp3) is 0.571. The summed E-state index contributed by atoms with van der Waals surface area (Å²) in [6, 6.07) is 7.82. The zero-order valence-corrected chi connectivity index (χ0v) is 14.9. The van der Waals surface area contributed by atoms with Gasteiger partial charge in [0.05, 0.1) is 5.56 Å². The Bertz CT molecular complexity index is 445. The Balaban J connectivity index is 2.22. The van der Waals surface area contributed by atoms with Crippen molar-refractivity contribution in [2.75, 3.05) is 6.61 Å². The molecule has 2 heteroatoms. The van der Waals surface area contributed by atoms with Gasteiger partial charge < -0.3 is 4.74 Å². The van der Waals surface area contributed by atoms with Crippen molar-refractivity contribution in [2.24, 2.45) is 0 Å². The van der Waals surface area contributed by atoms with Crippen molar-refractivity contribution in [3.63, 3.8) is 0 Å². The van der Waals surface area contributed by atoms with E-state index < -0.39 is 0 Å². The molecule has 0 atom stereocenters. The first-order valence-corrected chi connectivity index (χ1v) is 9.19. The van der Waals surface area contributed by atoms with E-state index in [4.69, 9.17) is 4.74 Å². The minimum Gasteiger partial charge on any atom is -0.458 e. The van der Waals surface area contributed by atoms with Crippen LogP contribution in [-0.2, 0) is 11.2 Å². The molecule has 0 radical (unpaired) electrons. The van der Waals surface area contributed by atoms with Crippen molar-refractivity contribution in [1.82, 2.24) is 0 Å². The van der Waals surface area contributed by atoms with Gasteiger partial charge in [0.25, 0.3) is 0 Å². The van der Waals surface area contributed by atoms with Crippen molar-refractivity contribution in [3.05, 3.63) is 47.5 Å². The Labute approximate surface area is 141 Å². The van der Waals surface area contributed by atoms with Crippen LogP contribution in [0.2, 0.25) is 0 Å². The van der Waals surface area contributed by atoms with Crippen molar-refractivity contribution >= 4 is 5.97 Å². The van der Waals surface area contributed by atoms with Gasteiger partial charge in [-0.1, -0.05) is 70.2 Å². The largest absolute Gasteiger partial charge is 0.458 e. The van der Waals surface area contributed by atoms with Crippen LogP contribution < -0.4 is 0 Å². The van der Waals surface area contributed by atoms with Crippen LogP contribution in [0.5, 0.6) is 0 Å². The van der Waals surface area contributed by atoms with E-state index >= 15 is 0 Å². The van der Waals surface area contributed by atoms with E-state index in [9.17, 15) is 4.79 Å². The van der Waals surface area contributed by atoms with E-state index in [1.54, 1.807) is 0 Å². The lowest BCUT2D eigenvalue weighted by atomic mass is 10.1. The maximum Gasteiger partial charge on any atom is 0.338 e. The Morgan fingerprint density at radius 3 is 2.30 bits per heavy atom. The quantitative estimate of drug-likeness (QED) is 0.264. The average Bonchev–Trinajstić information content (AvgIpc) is 2.58. The van der Waals surface area contributed by atoms with Gasteiger partial charge in [-0.3, -0.25) is 0 Å². The highest BCUT2D eigenvalue weighted by molar-refractivity contribution is 5.89. The third-order valence-corrected chi connectivity index (χ3v) is 3.96. The SMILES string of the molecule is CCCCCC/C=C\COC(=O)c1ccc(CCCCC)cc1. The molecule has 0 unspecified atom stereocenters. The zero-order chi connectivity index (χ0) is 16.8. The number of esters is 1. The van der Waals surface area contributed by atoms with Crippen molar-refractivity contribution in [3.8, 4) is 0 Å². The van der Waals surface area contributed by atoms with Crippen LogP contribution in [0.25, 0.3) is 0 Å². The van der Waals surface area contributed by atoms with Gasteiger partial charge in [-0.25, -0.2) is 4.79 Å². The molecular weight excluding hydrogens is 284 g/mol. The number of allylic oxidation sites excluding steroid dienone is 1. The molecule has 128 valence electrons. The van der Waals surface area contributed by atoms with E-state index in [-0.39, 0.29) is 5.97 Å². The average molecular weight is 316 g/mol. The Kier molecular flexibility index (Phi) is 10.9. The number of carbonyl (C=O) groups excluding carboxylic acids is 1. The Morgan fingerprint density at radius 2 is 1.61 bits per heavy atom. The molecule has 0 saturated heterocycles. The van der Waals surface area contributed by atoms with Crippen LogP contribution in [0.1, 0.15) is 81.1 Å². The maximum absolute atomic E-state index is 11.9. The van der Waals surface area contributed by atoms with Crippen LogP contribution in [0.4, 0.5) is 0 Å². The fourth-order valence-corrected chi connectivity index (χ4v) is 2.47. The standard InChI is InChI=1S/C21H32O2/c1-3-5-7-8-9-10-12-18-23-21(22)20-16-14-19(15-17-20)13-11-6-4-2/h10,12,14-17H,3-9,11,13,18H2,1-2H3/b12-10-. The second-order valence-electron chi connectivity index (χ2n) is 6.07. The lowest BCUT2D eigenvalue weighted by molar-refractivity contribution is 0.0549. The van der Waals surface area contributed by atoms with Gasteiger partial charge in [-0.05, 0) is 43.4 Å². The first-order chi connectivity index (χ1) is 11.3. The summed E-state index contributed by atoms with van der Waals surface area (Å²) in [5, 5.41) is 0. The maximum atomic E-state index is 11.9. The lowest BCUT2D eigenvalue weighted by Gasteiger charge is -2.04. The lowest BCUT2D eigenvalue weighted by Crippen LogP contribution is -2.05. The summed E-state index contributed by atoms with van der Waals surface area (Å²) in [5.74, 6) is -0.235. The molecule has 0 amide bonds. The smallest absolute Gasteiger partial charge is 0.338 e. The minimum atomic E-state index is -0.235. The van der Waals surface area contributed by atoms with E-state index in [0.717, 1.165) is 12.8 Å². The predicted octanol–water partition coefficient (Wildman–Crippen LogP) is 6.10. The molecule has 0 fully saturated rings. The molecule has 0 N–H and O–H groups in total. The van der Waals surface area contributed by atoms with Gasteiger partial charge in [0.2, 0.25) is 0 Å². The summed E-state index contributed by atoms with van der Waals surface area (Å²) in [4.78, 5) is 11.9. The van der Waals surface area contributed by atoms with Gasteiger partial charge in [0.15, 0.2) is 0 Å². The summed E-state index contributed by atoms with van der Waals surface area (Å²) in [5.41, 5.74) is 1.93. The molecule has 1 aromatic rings. The first-order valence-electron chi connectivity index (χ1n) is 9.19. The van der Waals surface area contributed by atoms with Crippen LogP contribution in [-0.4, -0.2) is 12.6 Å². The highest BCUT2D eigenvalue weighted by atomic mass is 16.5. The second-order valence-corrected chi connectivity index (χ2v) is 6.07. The molecule has 0 aliphatic carbocycles. The number of benzene rings is 1. The second kappa shape index (κ2) is 12.9. The number of unbranched alkanes of at least 4 members (excludes halogenated alkanes) is 6. The first kappa shape index (κ1) is 19.5. The normalized spacial score (nSPS) is 11.0. The molecule has 0 aliphatic rings. The molecule has 0 aliphatic heterocycles. The van der Waals surface area contributed by atoms with Crippen molar-refractivity contribution < 1.29 is 9.53 Å².